The minimum atomic E-state index is -3.36. The van der Waals surface area contributed by atoms with E-state index >= 15 is 0 Å². The lowest BCUT2D eigenvalue weighted by Gasteiger charge is -2.18. The highest BCUT2D eigenvalue weighted by Crippen LogP contribution is 2.17. The van der Waals surface area contributed by atoms with Gasteiger partial charge in [-0.2, -0.15) is 17.4 Å². The highest BCUT2D eigenvalue weighted by molar-refractivity contribution is 9.10. The Balaban J connectivity index is 2.69. The fraction of sp³-hybridized carbons (Fsp3) is 0.455. The molecule has 0 radical (unpaired) electrons. The summed E-state index contributed by atoms with van der Waals surface area (Å²) in [6.07, 6.45) is 0.647. The van der Waals surface area contributed by atoms with Gasteiger partial charge in [-0.3, -0.25) is 0 Å². The maximum atomic E-state index is 11.6. The molecule has 4 nitrogen and oxygen atoms in total. The van der Waals surface area contributed by atoms with Gasteiger partial charge in [0.15, 0.2) is 0 Å². The molecule has 0 heterocycles. The first kappa shape index (κ1) is 14.6. The molecular formula is C11H17BrN2O2S. The predicted molar refractivity (Wildman–Crippen MR) is 73.1 cm³/mol. The van der Waals surface area contributed by atoms with Gasteiger partial charge in [0.2, 0.25) is 0 Å². The van der Waals surface area contributed by atoms with Crippen LogP contribution < -0.4 is 4.72 Å². The van der Waals surface area contributed by atoms with E-state index in [1.807, 2.05) is 31.2 Å². The van der Waals surface area contributed by atoms with E-state index in [9.17, 15) is 8.42 Å². The van der Waals surface area contributed by atoms with Crippen LogP contribution in [0.2, 0.25) is 0 Å². The normalized spacial score (nSPS) is 13.9. The monoisotopic (exact) mass is 320 g/mol. The van der Waals surface area contributed by atoms with Crippen molar-refractivity contribution >= 4 is 26.1 Å². The number of nitrogens with one attached hydrogen (secondary N) is 1. The third-order valence-electron chi connectivity index (χ3n) is 2.31. The summed E-state index contributed by atoms with van der Waals surface area (Å²) < 4.78 is 28.0. The molecule has 1 aromatic carbocycles. The summed E-state index contributed by atoms with van der Waals surface area (Å²) in [5.41, 5.74) is 1.08. The van der Waals surface area contributed by atoms with E-state index in [-0.39, 0.29) is 6.04 Å². The summed E-state index contributed by atoms with van der Waals surface area (Å²) in [6.45, 7) is 1.85. The molecule has 0 saturated carbocycles. The fourth-order valence-electron chi connectivity index (χ4n) is 1.40. The fourth-order valence-corrected chi connectivity index (χ4v) is 2.64. The molecule has 6 heteroatoms. The van der Waals surface area contributed by atoms with Gasteiger partial charge < -0.3 is 0 Å². The van der Waals surface area contributed by atoms with Crippen LogP contribution >= 0.6 is 15.9 Å². The molecule has 0 unspecified atom stereocenters. The van der Waals surface area contributed by atoms with Gasteiger partial charge >= 0.3 is 0 Å². The second kappa shape index (κ2) is 5.95. The van der Waals surface area contributed by atoms with Crippen LogP contribution in [0.5, 0.6) is 0 Å². The van der Waals surface area contributed by atoms with E-state index in [0.29, 0.717) is 6.42 Å². The molecule has 1 N–H and O–H groups in total. The molecule has 0 aliphatic rings. The van der Waals surface area contributed by atoms with E-state index in [2.05, 4.69) is 20.7 Å². The quantitative estimate of drug-likeness (QED) is 0.899. The number of nitrogens with zero attached hydrogens (tertiary/aromatic N) is 1. The van der Waals surface area contributed by atoms with Gasteiger partial charge in [0.1, 0.15) is 0 Å². The first-order chi connectivity index (χ1) is 7.83. The van der Waals surface area contributed by atoms with E-state index in [1.165, 1.54) is 18.4 Å². The summed E-state index contributed by atoms with van der Waals surface area (Å²) >= 11 is 3.45. The van der Waals surface area contributed by atoms with Crippen LogP contribution in [-0.2, 0) is 16.6 Å². The van der Waals surface area contributed by atoms with Crippen LogP contribution in [0.3, 0.4) is 0 Å². The minimum Gasteiger partial charge on any atom is -0.199 e. The average Bonchev–Trinajstić information content (AvgIpc) is 2.20. The second-order valence-electron chi connectivity index (χ2n) is 4.10. The number of rotatable bonds is 5. The Morgan fingerprint density at radius 3 is 2.47 bits per heavy atom. The van der Waals surface area contributed by atoms with Crippen molar-refractivity contribution in [3.05, 3.63) is 34.3 Å². The minimum absolute atomic E-state index is 0.152. The van der Waals surface area contributed by atoms with Crippen molar-refractivity contribution in [2.75, 3.05) is 14.1 Å². The molecule has 0 spiro atoms. The highest BCUT2D eigenvalue weighted by atomic mass is 79.9. The molecule has 0 aromatic heterocycles. The number of hydrogen-bond donors (Lipinski definition) is 1. The molecule has 17 heavy (non-hydrogen) atoms. The zero-order chi connectivity index (χ0) is 13.1. The second-order valence-corrected chi connectivity index (χ2v) is 6.87. The molecule has 0 aliphatic carbocycles. The van der Waals surface area contributed by atoms with Gasteiger partial charge in [-0.15, -0.1) is 0 Å². The van der Waals surface area contributed by atoms with E-state index in [0.717, 1.165) is 10.0 Å². The van der Waals surface area contributed by atoms with Crippen LogP contribution in [0.15, 0.2) is 28.7 Å². The van der Waals surface area contributed by atoms with Crippen molar-refractivity contribution in [3.8, 4) is 0 Å². The van der Waals surface area contributed by atoms with Gasteiger partial charge in [0.05, 0.1) is 0 Å². The Kier molecular flexibility index (Phi) is 5.12. The van der Waals surface area contributed by atoms with Crippen molar-refractivity contribution in [2.45, 2.75) is 19.4 Å². The van der Waals surface area contributed by atoms with E-state index in [4.69, 9.17) is 0 Å². The van der Waals surface area contributed by atoms with Gasteiger partial charge in [-0.1, -0.05) is 34.1 Å². The summed E-state index contributed by atoms with van der Waals surface area (Å²) in [4.78, 5) is 0. The topological polar surface area (TPSA) is 49.4 Å². The Hall–Kier alpha value is -0.430. The first-order valence-corrected chi connectivity index (χ1v) is 7.49. The van der Waals surface area contributed by atoms with Crippen molar-refractivity contribution in [1.29, 1.82) is 0 Å². The SMILES string of the molecule is C[C@H](Cc1ccccc1Br)NS(=O)(=O)N(C)C. The third-order valence-corrected chi connectivity index (χ3v) is 4.75. The van der Waals surface area contributed by atoms with E-state index in [1.54, 1.807) is 0 Å². The number of benzene rings is 1. The summed E-state index contributed by atoms with van der Waals surface area (Å²) in [5, 5.41) is 0. The summed E-state index contributed by atoms with van der Waals surface area (Å²) in [5.74, 6) is 0. The largest absolute Gasteiger partial charge is 0.279 e. The van der Waals surface area contributed by atoms with Gasteiger partial charge in [-0.25, -0.2) is 0 Å². The number of halogens is 1. The van der Waals surface area contributed by atoms with Crippen LogP contribution in [0.25, 0.3) is 0 Å². The third kappa shape index (κ3) is 4.39. The maximum absolute atomic E-state index is 11.6. The Morgan fingerprint density at radius 1 is 1.35 bits per heavy atom. The molecule has 0 aliphatic heterocycles. The molecule has 0 saturated heterocycles. The zero-order valence-corrected chi connectivity index (χ0v) is 12.5. The standard InChI is InChI=1S/C11H17BrN2O2S/c1-9(13-17(15,16)14(2)3)8-10-6-4-5-7-11(10)12/h4-7,9,13H,8H2,1-3H3/t9-/m1/s1. The molecule has 0 bridgehead atoms. The zero-order valence-electron chi connectivity index (χ0n) is 10.1. The van der Waals surface area contributed by atoms with Gasteiger partial charge in [0.25, 0.3) is 10.2 Å². The molecule has 96 valence electrons. The molecule has 1 rings (SSSR count). The molecule has 1 aromatic rings. The smallest absolute Gasteiger partial charge is 0.199 e. The highest BCUT2D eigenvalue weighted by Gasteiger charge is 2.17. The Morgan fingerprint density at radius 2 is 1.94 bits per heavy atom. The van der Waals surface area contributed by atoms with Crippen molar-refractivity contribution < 1.29 is 8.42 Å². The lowest BCUT2D eigenvalue weighted by atomic mass is 10.1. The van der Waals surface area contributed by atoms with Crippen molar-refractivity contribution in [1.82, 2.24) is 9.03 Å². The van der Waals surface area contributed by atoms with Crippen LogP contribution in [0.4, 0.5) is 0 Å². The molecular weight excluding hydrogens is 304 g/mol. The van der Waals surface area contributed by atoms with Crippen molar-refractivity contribution in [3.63, 3.8) is 0 Å². The van der Waals surface area contributed by atoms with Crippen LogP contribution in [-0.4, -0.2) is 32.9 Å². The number of hydrogen-bond acceptors (Lipinski definition) is 2. The Labute approximate surface area is 111 Å². The lowest BCUT2D eigenvalue weighted by Crippen LogP contribution is -2.41. The molecule has 0 fully saturated rings. The van der Waals surface area contributed by atoms with Crippen LogP contribution in [0.1, 0.15) is 12.5 Å². The van der Waals surface area contributed by atoms with Crippen molar-refractivity contribution in [2.24, 2.45) is 0 Å². The maximum Gasteiger partial charge on any atom is 0.279 e. The summed E-state index contributed by atoms with van der Waals surface area (Å²) in [6, 6.07) is 7.64. The lowest BCUT2D eigenvalue weighted by molar-refractivity contribution is 0.491. The average molecular weight is 321 g/mol. The Bertz CT molecular complexity index is 474. The van der Waals surface area contributed by atoms with Crippen LogP contribution in [0, 0.1) is 0 Å². The predicted octanol–water partition coefficient (Wildman–Crippen LogP) is 1.78. The van der Waals surface area contributed by atoms with Gasteiger partial charge in [-0.05, 0) is 25.0 Å². The molecule has 1 atom stereocenters. The van der Waals surface area contributed by atoms with E-state index < -0.39 is 10.2 Å². The first-order valence-electron chi connectivity index (χ1n) is 5.26. The summed E-state index contributed by atoms with van der Waals surface area (Å²) in [7, 11) is -0.348. The van der Waals surface area contributed by atoms with Gasteiger partial charge in [0, 0.05) is 24.6 Å². The molecule has 0 amide bonds.